The Hall–Kier alpha value is -4.83. The Morgan fingerprint density at radius 1 is 1.23 bits per heavy atom. The minimum absolute atomic E-state index is 0.00872. The highest BCUT2D eigenvalue weighted by Crippen LogP contribution is 2.56. The van der Waals surface area contributed by atoms with E-state index in [2.05, 4.69) is 26.9 Å². The summed E-state index contributed by atoms with van der Waals surface area (Å²) >= 11 is 7.80. The second-order valence-electron chi connectivity index (χ2n) is 15.8. The average Bonchev–Trinajstić information content (AvgIpc) is 3.49. The number of fused-ring (bicyclic) bond motifs is 3. The fraction of sp³-hybridized carbons (Fsp3) is 0.474. The van der Waals surface area contributed by atoms with Gasteiger partial charge in [-0.05, 0) is 55.3 Å². The van der Waals surface area contributed by atoms with Crippen LogP contribution in [0, 0.1) is 40.4 Å². The summed E-state index contributed by atoms with van der Waals surface area (Å²) in [6.45, 7) is 3.44. The molecule has 0 spiro atoms. The Labute approximate surface area is 332 Å². The van der Waals surface area contributed by atoms with Crippen molar-refractivity contribution in [1.29, 1.82) is 5.26 Å². The lowest BCUT2D eigenvalue weighted by Gasteiger charge is -2.52. The molecule has 298 valence electrons. The van der Waals surface area contributed by atoms with Crippen LogP contribution in [0.15, 0.2) is 24.5 Å². The molecule has 9 rings (SSSR count). The number of amides is 1. The maximum Gasteiger partial charge on any atom is 0.346 e. The number of nitriles is 1. The Balaban J connectivity index is 1.15. The number of carbonyl (C=O) groups is 1. The van der Waals surface area contributed by atoms with E-state index < -0.39 is 35.5 Å². The quantitative estimate of drug-likeness (QED) is 0.155. The molecule has 4 aliphatic rings. The molecule has 3 aliphatic heterocycles. The standard InChI is InChI=1S/C38H37ClF4N10O3S/c1-37(6-7-37)31-19(15-52(31)36(55)53-18-46-34(43)49-53)14-50(9-10-54)33-22-11-24(39)27(21-3-4-25(41)30-26(21)23(13-44)32(45)57-30)28(42)29(22)47-35(48-33)56-17-38-5-2-8-51(38)16-20(40)12-38/h3-4,11,18-20,31,54H,2,5-10,12,14-17,45H2,1H3/t19-,20-,31+,38+/m1/s1. The molecule has 3 saturated heterocycles. The van der Waals surface area contributed by atoms with E-state index in [0.29, 0.717) is 13.0 Å². The van der Waals surface area contributed by atoms with E-state index in [-0.39, 0.29) is 116 Å². The van der Waals surface area contributed by atoms with Crippen molar-refractivity contribution >= 4 is 60.8 Å². The number of rotatable bonds is 10. The first kappa shape index (κ1) is 37.7. The highest BCUT2D eigenvalue weighted by Gasteiger charge is 2.58. The number of carbonyl (C=O) groups excluding carboxylic acids is 1. The number of benzene rings is 2. The van der Waals surface area contributed by atoms with Gasteiger partial charge in [0.1, 0.15) is 47.3 Å². The van der Waals surface area contributed by atoms with Crippen LogP contribution >= 0.6 is 22.9 Å². The summed E-state index contributed by atoms with van der Waals surface area (Å²) in [6.07, 6.45) is 2.59. The van der Waals surface area contributed by atoms with Crippen LogP contribution in [-0.4, -0.2) is 109 Å². The summed E-state index contributed by atoms with van der Waals surface area (Å²) in [4.78, 5) is 31.7. The van der Waals surface area contributed by atoms with Gasteiger partial charge in [0.05, 0.1) is 27.4 Å². The summed E-state index contributed by atoms with van der Waals surface area (Å²) in [5.41, 5.74) is 5.13. The minimum atomic E-state index is -1.02. The summed E-state index contributed by atoms with van der Waals surface area (Å²) < 4.78 is 68.0. The Morgan fingerprint density at radius 2 is 2.04 bits per heavy atom. The molecule has 2 aromatic carbocycles. The second-order valence-corrected chi connectivity index (χ2v) is 17.3. The molecule has 3 aromatic heterocycles. The molecule has 1 amide bonds. The van der Waals surface area contributed by atoms with Gasteiger partial charge in [-0.2, -0.15) is 29.3 Å². The third kappa shape index (κ3) is 6.21. The van der Waals surface area contributed by atoms with Crippen molar-refractivity contribution in [3.05, 3.63) is 52.8 Å². The SMILES string of the molecule is CC1([C@@H]2[C@H](CN(CCO)c3nc(OC[C@@]45CCCN4C[C@H](F)C5)nc4c(F)c(-c5ccc(F)c6sc(N)c(C#N)c56)c(Cl)cc34)CN2C(=O)n2cnc(F)n2)CC1. The van der Waals surface area contributed by atoms with Gasteiger partial charge in [-0.3, -0.25) is 4.90 Å². The third-order valence-electron chi connectivity index (χ3n) is 12.3. The molecule has 13 nitrogen and oxygen atoms in total. The van der Waals surface area contributed by atoms with Crippen LogP contribution < -0.4 is 15.4 Å². The number of aromatic nitrogens is 5. The van der Waals surface area contributed by atoms with Crippen LogP contribution in [0.25, 0.3) is 32.1 Å². The minimum Gasteiger partial charge on any atom is -0.461 e. The van der Waals surface area contributed by atoms with Gasteiger partial charge in [0.2, 0.25) is 0 Å². The maximum absolute atomic E-state index is 17.3. The molecule has 57 heavy (non-hydrogen) atoms. The lowest BCUT2D eigenvalue weighted by Crippen LogP contribution is -2.65. The van der Waals surface area contributed by atoms with E-state index in [1.165, 1.54) is 12.1 Å². The number of alkyl halides is 1. The summed E-state index contributed by atoms with van der Waals surface area (Å²) in [7, 11) is 0. The van der Waals surface area contributed by atoms with Crippen molar-refractivity contribution in [2.75, 3.05) is 56.6 Å². The molecular weight excluding hydrogens is 788 g/mol. The topological polar surface area (TPSA) is 163 Å². The monoisotopic (exact) mass is 824 g/mol. The zero-order valence-electron chi connectivity index (χ0n) is 30.7. The molecule has 5 aromatic rings. The van der Waals surface area contributed by atoms with E-state index in [9.17, 15) is 23.9 Å². The molecule has 3 N–H and O–H groups in total. The predicted octanol–water partition coefficient (Wildman–Crippen LogP) is 6.15. The van der Waals surface area contributed by atoms with Gasteiger partial charge in [0.25, 0.3) is 0 Å². The maximum atomic E-state index is 17.3. The number of nitrogens with two attached hydrogens (primary N) is 1. The first-order valence-corrected chi connectivity index (χ1v) is 19.9. The van der Waals surface area contributed by atoms with Crippen LogP contribution in [0.4, 0.5) is 33.2 Å². The van der Waals surface area contributed by atoms with Crippen molar-refractivity contribution in [3.63, 3.8) is 0 Å². The van der Waals surface area contributed by atoms with Crippen LogP contribution in [0.5, 0.6) is 6.01 Å². The number of likely N-dealkylation sites (tertiary alicyclic amines) is 1. The number of nitrogen functional groups attached to an aromatic ring is 1. The average molecular weight is 825 g/mol. The number of halogens is 5. The molecule has 6 heterocycles. The summed E-state index contributed by atoms with van der Waals surface area (Å²) in [6, 6.07) is 5.04. The third-order valence-corrected chi connectivity index (χ3v) is 13.6. The molecular formula is C38H37ClF4N10O3S. The Morgan fingerprint density at radius 3 is 2.75 bits per heavy atom. The van der Waals surface area contributed by atoms with Crippen LogP contribution in [0.2, 0.25) is 5.02 Å². The van der Waals surface area contributed by atoms with Crippen LogP contribution in [-0.2, 0) is 0 Å². The van der Waals surface area contributed by atoms with Crippen molar-refractivity contribution in [2.45, 2.75) is 56.8 Å². The summed E-state index contributed by atoms with van der Waals surface area (Å²) in [5, 5.41) is 24.2. The van der Waals surface area contributed by atoms with Gasteiger partial charge in [0, 0.05) is 60.9 Å². The highest BCUT2D eigenvalue weighted by atomic mass is 35.5. The molecule has 19 heteroatoms. The molecule has 4 atom stereocenters. The first-order valence-electron chi connectivity index (χ1n) is 18.7. The smallest absolute Gasteiger partial charge is 0.346 e. The Kier molecular flexibility index (Phi) is 9.22. The zero-order chi connectivity index (χ0) is 40.0. The normalized spacial score (nSPS) is 23.8. The van der Waals surface area contributed by atoms with Crippen molar-refractivity contribution in [2.24, 2.45) is 11.3 Å². The van der Waals surface area contributed by atoms with Gasteiger partial charge in [-0.15, -0.1) is 16.4 Å². The largest absolute Gasteiger partial charge is 0.461 e. The van der Waals surface area contributed by atoms with E-state index in [4.69, 9.17) is 27.1 Å². The molecule has 1 aliphatic carbocycles. The van der Waals surface area contributed by atoms with E-state index >= 15 is 8.78 Å². The number of hydrogen-bond acceptors (Lipinski definition) is 12. The summed E-state index contributed by atoms with van der Waals surface area (Å²) in [5.74, 6) is -1.46. The van der Waals surface area contributed by atoms with Crippen LogP contribution in [0.1, 0.15) is 44.6 Å². The van der Waals surface area contributed by atoms with E-state index in [1.807, 2.05) is 6.07 Å². The number of aliphatic hydroxyl groups is 1. The van der Waals surface area contributed by atoms with Crippen molar-refractivity contribution in [3.8, 4) is 23.2 Å². The van der Waals surface area contributed by atoms with Gasteiger partial charge >= 0.3 is 18.1 Å². The number of nitrogens with zero attached hydrogens (tertiary/aromatic N) is 9. The van der Waals surface area contributed by atoms with E-state index in [1.54, 1.807) is 9.80 Å². The number of aliphatic hydroxyl groups excluding tert-OH is 1. The fourth-order valence-corrected chi connectivity index (χ4v) is 10.6. The van der Waals surface area contributed by atoms with Crippen molar-refractivity contribution in [1.82, 2.24) is 34.5 Å². The predicted molar refractivity (Wildman–Crippen MR) is 204 cm³/mol. The van der Waals surface area contributed by atoms with Crippen molar-refractivity contribution < 1.29 is 32.2 Å². The number of hydrogen-bond donors (Lipinski definition) is 2. The molecule has 0 unspecified atom stereocenters. The molecule has 0 bridgehead atoms. The van der Waals surface area contributed by atoms with Gasteiger partial charge in [-0.1, -0.05) is 24.6 Å². The highest BCUT2D eigenvalue weighted by molar-refractivity contribution is 7.23. The van der Waals surface area contributed by atoms with E-state index in [0.717, 1.165) is 54.2 Å². The lowest BCUT2D eigenvalue weighted by molar-refractivity contribution is 0.00922. The fourth-order valence-electron chi connectivity index (χ4n) is 9.40. The van der Waals surface area contributed by atoms with Gasteiger partial charge < -0.3 is 25.4 Å². The molecule has 1 saturated carbocycles. The first-order chi connectivity index (χ1) is 27.3. The van der Waals surface area contributed by atoms with Gasteiger partial charge in [0.15, 0.2) is 5.82 Å². The second kappa shape index (κ2) is 13.9. The van der Waals surface area contributed by atoms with Crippen LogP contribution in [0.3, 0.4) is 0 Å². The Bertz CT molecular complexity index is 2490. The molecule has 4 fully saturated rings. The number of thiophene rings is 1. The molecule has 0 radical (unpaired) electrons. The lowest BCUT2D eigenvalue weighted by atomic mass is 9.78. The van der Waals surface area contributed by atoms with Gasteiger partial charge in [-0.25, -0.2) is 18.0 Å². The number of anilines is 2. The zero-order valence-corrected chi connectivity index (χ0v) is 32.3. The number of ether oxygens (including phenoxy) is 1.